The predicted molar refractivity (Wildman–Crippen MR) is 77.4 cm³/mol. The van der Waals surface area contributed by atoms with Crippen molar-refractivity contribution in [3.8, 4) is 5.75 Å². The molecule has 0 saturated heterocycles. The Hall–Kier alpha value is -1.80. The van der Waals surface area contributed by atoms with Gasteiger partial charge in [0.1, 0.15) is 5.75 Å². The van der Waals surface area contributed by atoms with Gasteiger partial charge in [0.2, 0.25) is 0 Å². The number of nitrogens with two attached hydrogens (primary N) is 1. The fourth-order valence-electron chi connectivity index (χ4n) is 3.04. The minimum Gasteiger partial charge on any atom is -0.497 e. The molecule has 0 unspecified atom stereocenters. The Morgan fingerprint density at radius 3 is 2.79 bits per heavy atom. The van der Waals surface area contributed by atoms with Crippen molar-refractivity contribution in [3.05, 3.63) is 65.2 Å². The van der Waals surface area contributed by atoms with E-state index in [0.29, 0.717) is 5.92 Å². The van der Waals surface area contributed by atoms with Gasteiger partial charge in [-0.3, -0.25) is 0 Å². The lowest BCUT2D eigenvalue weighted by Gasteiger charge is -2.31. The van der Waals surface area contributed by atoms with E-state index in [1.165, 1.54) is 16.7 Å². The molecule has 3 rings (SSSR count). The largest absolute Gasteiger partial charge is 0.497 e. The molecule has 0 aliphatic heterocycles. The van der Waals surface area contributed by atoms with Crippen molar-refractivity contribution in [1.29, 1.82) is 0 Å². The van der Waals surface area contributed by atoms with Crippen molar-refractivity contribution in [2.75, 3.05) is 7.11 Å². The number of methoxy groups -OCH3 is 1. The highest BCUT2D eigenvalue weighted by molar-refractivity contribution is 5.39. The highest BCUT2D eigenvalue weighted by atomic mass is 16.5. The lowest BCUT2D eigenvalue weighted by molar-refractivity contribution is 0.412. The van der Waals surface area contributed by atoms with Crippen molar-refractivity contribution < 1.29 is 4.74 Å². The quantitative estimate of drug-likeness (QED) is 0.890. The zero-order valence-electron chi connectivity index (χ0n) is 11.2. The molecular weight excluding hydrogens is 234 g/mol. The fourth-order valence-corrected chi connectivity index (χ4v) is 3.04. The summed E-state index contributed by atoms with van der Waals surface area (Å²) in [6, 6.07) is 16.9. The van der Waals surface area contributed by atoms with Gasteiger partial charge in [0, 0.05) is 12.0 Å². The van der Waals surface area contributed by atoms with Crippen LogP contribution in [0.15, 0.2) is 48.5 Å². The molecule has 1 aliphatic carbocycles. The second-order valence-corrected chi connectivity index (χ2v) is 5.15. The van der Waals surface area contributed by atoms with E-state index in [-0.39, 0.29) is 6.04 Å². The SMILES string of the molecule is COc1cccc([C@@H]2CCc3ccccc3[C@H]2N)c1. The highest BCUT2D eigenvalue weighted by Crippen LogP contribution is 2.39. The third-order valence-electron chi connectivity index (χ3n) is 4.09. The van der Waals surface area contributed by atoms with Crippen molar-refractivity contribution >= 4 is 0 Å². The van der Waals surface area contributed by atoms with Crippen LogP contribution in [0.1, 0.15) is 35.1 Å². The monoisotopic (exact) mass is 253 g/mol. The molecule has 0 radical (unpaired) electrons. The van der Waals surface area contributed by atoms with Gasteiger partial charge in [-0.1, -0.05) is 36.4 Å². The second-order valence-electron chi connectivity index (χ2n) is 5.15. The molecular formula is C17H19NO. The average molecular weight is 253 g/mol. The first-order chi connectivity index (χ1) is 9.29. The van der Waals surface area contributed by atoms with E-state index in [2.05, 4.69) is 36.4 Å². The number of fused-ring (bicyclic) bond motifs is 1. The van der Waals surface area contributed by atoms with E-state index in [4.69, 9.17) is 10.5 Å². The zero-order valence-corrected chi connectivity index (χ0v) is 11.2. The number of ether oxygens (including phenoxy) is 1. The number of hydrogen-bond acceptors (Lipinski definition) is 2. The van der Waals surface area contributed by atoms with Gasteiger partial charge < -0.3 is 10.5 Å². The molecule has 0 bridgehead atoms. The molecule has 0 saturated carbocycles. The van der Waals surface area contributed by atoms with E-state index >= 15 is 0 Å². The van der Waals surface area contributed by atoms with Crippen molar-refractivity contribution in [1.82, 2.24) is 0 Å². The molecule has 1 aliphatic rings. The lowest BCUT2D eigenvalue weighted by atomic mass is 9.77. The molecule has 0 spiro atoms. The molecule has 0 aromatic heterocycles. The van der Waals surface area contributed by atoms with E-state index < -0.39 is 0 Å². The van der Waals surface area contributed by atoms with Crippen LogP contribution in [0.3, 0.4) is 0 Å². The van der Waals surface area contributed by atoms with Crippen LogP contribution in [-0.4, -0.2) is 7.11 Å². The third-order valence-corrected chi connectivity index (χ3v) is 4.09. The van der Waals surface area contributed by atoms with Crippen LogP contribution in [0.5, 0.6) is 5.75 Å². The maximum Gasteiger partial charge on any atom is 0.119 e. The fraction of sp³-hybridized carbons (Fsp3) is 0.294. The zero-order chi connectivity index (χ0) is 13.2. The van der Waals surface area contributed by atoms with Gasteiger partial charge in [-0.2, -0.15) is 0 Å². The van der Waals surface area contributed by atoms with Crippen LogP contribution in [0.2, 0.25) is 0 Å². The first kappa shape index (κ1) is 12.2. The van der Waals surface area contributed by atoms with Crippen LogP contribution in [0.25, 0.3) is 0 Å². The lowest BCUT2D eigenvalue weighted by Crippen LogP contribution is -2.25. The van der Waals surface area contributed by atoms with Crippen molar-refractivity contribution in [2.24, 2.45) is 5.73 Å². The van der Waals surface area contributed by atoms with Crippen molar-refractivity contribution in [2.45, 2.75) is 24.8 Å². The Labute approximate surface area is 114 Å². The van der Waals surface area contributed by atoms with Crippen molar-refractivity contribution in [3.63, 3.8) is 0 Å². The molecule has 2 aromatic carbocycles. The Morgan fingerprint density at radius 1 is 1.11 bits per heavy atom. The van der Waals surface area contributed by atoms with Crippen LogP contribution < -0.4 is 10.5 Å². The molecule has 0 fully saturated rings. The Kier molecular flexibility index (Phi) is 3.26. The third kappa shape index (κ3) is 2.24. The molecule has 98 valence electrons. The van der Waals surface area contributed by atoms with Crippen LogP contribution in [0, 0.1) is 0 Å². The van der Waals surface area contributed by atoms with Gasteiger partial charge in [0.05, 0.1) is 7.11 Å². The molecule has 2 atom stereocenters. The number of aryl methyl sites for hydroxylation is 1. The van der Waals surface area contributed by atoms with Crippen LogP contribution >= 0.6 is 0 Å². The standard InChI is InChI=1S/C17H19NO/c1-19-14-7-4-6-13(11-14)16-10-9-12-5-2-3-8-15(12)17(16)18/h2-8,11,16-17H,9-10,18H2,1H3/t16-,17+/m0/s1. The summed E-state index contributed by atoms with van der Waals surface area (Å²) in [6.45, 7) is 0. The summed E-state index contributed by atoms with van der Waals surface area (Å²) >= 11 is 0. The Bertz CT molecular complexity index is 579. The summed E-state index contributed by atoms with van der Waals surface area (Å²) in [5, 5.41) is 0. The van der Waals surface area contributed by atoms with E-state index in [0.717, 1.165) is 18.6 Å². The van der Waals surface area contributed by atoms with Gasteiger partial charge in [-0.05, 0) is 41.7 Å². The van der Waals surface area contributed by atoms with Gasteiger partial charge in [0.25, 0.3) is 0 Å². The van der Waals surface area contributed by atoms with Crippen LogP contribution in [0.4, 0.5) is 0 Å². The van der Waals surface area contributed by atoms with Gasteiger partial charge in [0.15, 0.2) is 0 Å². The summed E-state index contributed by atoms with van der Waals surface area (Å²) in [4.78, 5) is 0. The molecule has 2 nitrogen and oxygen atoms in total. The Balaban J connectivity index is 1.95. The highest BCUT2D eigenvalue weighted by Gasteiger charge is 2.27. The molecule has 0 amide bonds. The summed E-state index contributed by atoms with van der Waals surface area (Å²) in [5.41, 5.74) is 10.4. The Morgan fingerprint density at radius 2 is 1.95 bits per heavy atom. The summed E-state index contributed by atoms with van der Waals surface area (Å²) in [5.74, 6) is 1.29. The summed E-state index contributed by atoms with van der Waals surface area (Å²) < 4.78 is 5.31. The van der Waals surface area contributed by atoms with Crippen LogP contribution in [-0.2, 0) is 6.42 Å². The topological polar surface area (TPSA) is 35.2 Å². The normalized spacial score (nSPS) is 21.8. The summed E-state index contributed by atoms with van der Waals surface area (Å²) in [6.07, 6.45) is 2.21. The molecule has 2 aromatic rings. The van der Waals surface area contributed by atoms with Gasteiger partial charge >= 0.3 is 0 Å². The summed E-state index contributed by atoms with van der Waals surface area (Å²) in [7, 11) is 1.70. The number of hydrogen-bond donors (Lipinski definition) is 1. The second kappa shape index (κ2) is 5.06. The van der Waals surface area contributed by atoms with Gasteiger partial charge in [-0.15, -0.1) is 0 Å². The minimum atomic E-state index is 0.0806. The number of benzene rings is 2. The first-order valence-electron chi connectivity index (χ1n) is 6.77. The number of rotatable bonds is 2. The maximum atomic E-state index is 6.47. The smallest absolute Gasteiger partial charge is 0.119 e. The molecule has 0 heterocycles. The van der Waals surface area contributed by atoms with Gasteiger partial charge in [-0.25, -0.2) is 0 Å². The molecule has 2 N–H and O–H groups in total. The van der Waals surface area contributed by atoms with E-state index in [1.807, 2.05) is 12.1 Å². The van der Waals surface area contributed by atoms with E-state index in [9.17, 15) is 0 Å². The van der Waals surface area contributed by atoms with E-state index in [1.54, 1.807) is 7.11 Å². The maximum absolute atomic E-state index is 6.47. The molecule has 2 heteroatoms. The predicted octanol–water partition coefficient (Wildman–Crippen LogP) is 3.43. The average Bonchev–Trinajstić information content (AvgIpc) is 2.48. The molecule has 19 heavy (non-hydrogen) atoms. The first-order valence-corrected chi connectivity index (χ1v) is 6.77. The minimum absolute atomic E-state index is 0.0806.